The van der Waals surface area contributed by atoms with Crippen LogP contribution in [0.2, 0.25) is 6.04 Å². The number of ether oxygens (including phenoxy) is 1. The zero-order chi connectivity index (χ0) is 27.8. The van der Waals surface area contributed by atoms with Crippen LogP contribution in [0.4, 0.5) is 0 Å². The van der Waals surface area contributed by atoms with E-state index >= 15 is 0 Å². The summed E-state index contributed by atoms with van der Waals surface area (Å²) >= 11 is 1.28. The van der Waals surface area contributed by atoms with Crippen LogP contribution in [0.3, 0.4) is 0 Å². The molecular weight excluding hydrogens is 558 g/mol. The van der Waals surface area contributed by atoms with E-state index in [1.54, 1.807) is 0 Å². The topological polar surface area (TPSA) is 192 Å². The second kappa shape index (κ2) is 17.7. The second-order valence-electron chi connectivity index (χ2n) is 7.72. The number of carbonyl (C=O) groups excluding carboxylic acids is 2. The average Bonchev–Trinajstić information content (AvgIpc) is 2.72. The third kappa shape index (κ3) is 17.6. The molecule has 0 rings (SSSR count). The van der Waals surface area contributed by atoms with Gasteiger partial charge in [-0.2, -0.15) is 28.6 Å². The quantitative estimate of drug-likeness (QED) is 0.0735. The Balaban J connectivity index is 4.40. The van der Waals surface area contributed by atoms with Crippen molar-refractivity contribution >= 4 is 52.7 Å². The van der Waals surface area contributed by atoms with E-state index in [1.165, 1.54) is 18.7 Å². The maximum absolute atomic E-state index is 12.2. The van der Waals surface area contributed by atoms with Gasteiger partial charge in [-0.1, -0.05) is 6.92 Å². The van der Waals surface area contributed by atoms with Gasteiger partial charge in [-0.3, -0.25) is 18.7 Å². The molecule has 1 amide bonds. The molecule has 214 valence electrons. The van der Waals surface area contributed by atoms with Gasteiger partial charge in [0.1, 0.15) is 17.6 Å². The molecular formula is C19H39NO12S3Si. The van der Waals surface area contributed by atoms with Gasteiger partial charge in [-0.05, 0) is 27.2 Å². The highest BCUT2D eigenvalue weighted by Crippen LogP contribution is 2.18. The number of rotatable bonds is 21. The minimum Gasteiger partial charge on any atom is -0.460 e. The summed E-state index contributed by atoms with van der Waals surface area (Å²) in [5.41, 5.74) is 0. The Bertz CT molecular complexity index is 818. The molecule has 0 aliphatic heterocycles. The van der Waals surface area contributed by atoms with E-state index in [2.05, 4.69) is 5.32 Å². The highest BCUT2D eigenvalue weighted by atomic mass is 32.2. The number of esters is 1. The Hall–Kier alpha value is -0.793. The summed E-state index contributed by atoms with van der Waals surface area (Å²) in [5.74, 6) is -3.52. The first-order chi connectivity index (χ1) is 16.7. The minimum absolute atomic E-state index is 0.171. The van der Waals surface area contributed by atoms with Crippen molar-refractivity contribution < 1.29 is 53.5 Å². The smallest absolute Gasteiger partial charge is 0.460 e. The SMILES string of the molecule is CCO[Si](CCCNC(=O)CCSCC(C)C(=O)OC(CS(=O)(=O)O)CS(=O)(=O)O)(OCC)OCC. The molecule has 0 aromatic carbocycles. The number of carbonyl (C=O) groups is 2. The van der Waals surface area contributed by atoms with Crippen LogP contribution in [0.15, 0.2) is 0 Å². The summed E-state index contributed by atoms with van der Waals surface area (Å²) in [6, 6.07) is 0.577. The molecule has 0 saturated carbocycles. The first-order valence-electron chi connectivity index (χ1n) is 11.5. The van der Waals surface area contributed by atoms with Crippen molar-refractivity contribution in [1.82, 2.24) is 5.32 Å². The van der Waals surface area contributed by atoms with Crippen LogP contribution >= 0.6 is 11.8 Å². The third-order valence-corrected chi connectivity index (χ3v) is 10.4. The van der Waals surface area contributed by atoms with Gasteiger partial charge in [-0.25, -0.2) is 0 Å². The van der Waals surface area contributed by atoms with Crippen molar-refractivity contribution in [3.63, 3.8) is 0 Å². The summed E-state index contributed by atoms with van der Waals surface area (Å²) in [6.45, 7) is 8.96. The lowest BCUT2D eigenvalue weighted by Gasteiger charge is -2.28. The monoisotopic (exact) mass is 597 g/mol. The Kier molecular flexibility index (Phi) is 17.3. The summed E-state index contributed by atoms with van der Waals surface area (Å²) < 4.78 is 84.0. The zero-order valence-electron chi connectivity index (χ0n) is 21.1. The van der Waals surface area contributed by atoms with Crippen LogP contribution in [0.5, 0.6) is 0 Å². The van der Waals surface area contributed by atoms with Crippen molar-refractivity contribution in [3.05, 3.63) is 0 Å². The molecule has 0 aromatic heterocycles. The fourth-order valence-corrected chi connectivity index (χ4v) is 8.04. The molecule has 0 bridgehead atoms. The molecule has 36 heavy (non-hydrogen) atoms. The predicted molar refractivity (Wildman–Crippen MR) is 137 cm³/mol. The van der Waals surface area contributed by atoms with E-state index < -0.39 is 58.5 Å². The van der Waals surface area contributed by atoms with Gasteiger partial charge in [0.15, 0.2) is 0 Å². The van der Waals surface area contributed by atoms with E-state index in [0.29, 0.717) is 44.6 Å². The molecule has 0 fully saturated rings. The first kappa shape index (κ1) is 35.2. The second-order valence-corrected chi connectivity index (χ2v) is 14.6. The van der Waals surface area contributed by atoms with Crippen LogP contribution in [0, 0.1) is 5.92 Å². The van der Waals surface area contributed by atoms with Crippen molar-refractivity contribution in [2.24, 2.45) is 5.92 Å². The summed E-state index contributed by atoms with van der Waals surface area (Å²) in [5, 5.41) is 2.81. The zero-order valence-corrected chi connectivity index (χ0v) is 24.6. The number of thioether (sulfide) groups is 1. The van der Waals surface area contributed by atoms with E-state index in [1.807, 2.05) is 20.8 Å². The van der Waals surface area contributed by atoms with E-state index in [4.69, 9.17) is 27.1 Å². The standard InChI is InChI=1S/C19H39NO12S3Si/c1-5-29-36(30-6-2,31-7-3)12-8-10-20-18(21)9-11-33-13-16(4)19(22)32-17(14-34(23,24)25)15-35(26,27)28/h16-17H,5-15H2,1-4H3,(H,20,21)(H,23,24,25)(H,26,27,28). The minimum atomic E-state index is -4.65. The molecule has 0 aromatic rings. The van der Waals surface area contributed by atoms with Crippen LogP contribution in [-0.2, 0) is 47.8 Å². The Morgan fingerprint density at radius 1 is 0.944 bits per heavy atom. The van der Waals surface area contributed by atoms with Gasteiger partial charge in [0.2, 0.25) is 5.91 Å². The molecule has 3 N–H and O–H groups in total. The Morgan fingerprint density at radius 2 is 1.44 bits per heavy atom. The van der Waals surface area contributed by atoms with Crippen molar-refractivity contribution in [2.45, 2.75) is 52.7 Å². The van der Waals surface area contributed by atoms with Crippen LogP contribution in [0.1, 0.15) is 40.5 Å². The number of hydrogen-bond donors (Lipinski definition) is 3. The van der Waals surface area contributed by atoms with Crippen LogP contribution < -0.4 is 5.32 Å². The Morgan fingerprint density at radius 3 is 1.89 bits per heavy atom. The predicted octanol–water partition coefficient (Wildman–Crippen LogP) is 0.988. The molecule has 1 atom stereocenters. The molecule has 0 radical (unpaired) electrons. The van der Waals surface area contributed by atoms with E-state index in [9.17, 15) is 26.4 Å². The van der Waals surface area contributed by atoms with Crippen LogP contribution in [-0.4, -0.2) is 102 Å². The van der Waals surface area contributed by atoms with Crippen molar-refractivity contribution in [1.29, 1.82) is 0 Å². The molecule has 0 aliphatic carbocycles. The lowest BCUT2D eigenvalue weighted by molar-refractivity contribution is -0.150. The van der Waals surface area contributed by atoms with Crippen molar-refractivity contribution in [3.8, 4) is 0 Å². The Labute approximate surface area is 219 Å². The average molecular weight is 598 g/mol. The number of hydrogen-bond acceptors (Lipinski definition) is 11. The van der Waals surface area contributed by atoms with Gasteiger partial charge < -0.3 is 23.3 Å². The maximum Gasteiger partial charge on any atom is 0.500 e. The van der Waals surface area contributed by atoms with E-state index in [-0.39, 0.29) is 18.1 Å². The molecule has 17 heteroatoms. The molecule has 0 aliphatic rings. The molecule has 0 spiro atoms. The number of nitrogens with one attached hydrogen (secondary N) is 1. The normalized spacial score (nSPS) is 13.5. The molecule has 1 unspecified atom stereocenters. The van der Waals surface area contributed by atoms with Gasteiger partial charge in [0.05, 0.1) is 5.92 Å². The molecule has 13 nitrogen and oxygen atoms in total. The number of amides is 1. The van der Waals surface area contributed by atoms with Gasteiger partial charge in [0, 0.05) is 50.3 Å². The highest BCUT2D eigenvalue weighted by Gasteiger charge is 2.39. The lowest BCUT2D eigenvalue weighted by atomic mass is 10.2. The molecule has 0 heterocycles. The lowest BCUT2D eigenvalue weighted by Crippen LogP contribution is -2.46. The third-order valence-electron chi connectivity index (χ3n) is 4.39. The summed E-state index contributed by atoms with van der Waals surface area (Å²) in [4.78, 5) is 24.2. The maximum atomic E-state index is 12.2. The van der Waals surface area contributed by atoms with E-state index in [0.717, 1.165) is 0 Å². The van der Waals surface area contributed by atoms with Crippen molar-refractivity contribution in [2.75, 3.05) is 49.4 Å². The van der Waals surface area contributed by atoms with Gasteiger partial charge in [0.25, 0.3) is 20.2 Å². The highest BCUT2D eigenvalue weighted by molar-refractivity contribution is 7.99. The fourth-order valence-electron chi connectivity index (χ4n) is 2.98. The summed E-state index contributed by atoms with van der Waals surface area (Å²) in [7, 11) is -12.0. The van der Waals surface area contributed by atoms with Gasteiger partial charge in [-0.15, -0.1) is 0 Å². The largest absolute Gasteiger partial charge is 0.500 e. The van der Waals surface area contributed by atoms with Gasteiger partial charge >= 0.3 is 14.8 Å². The summed E-state index contributed by atoms with van der Waals surface area (Å²) in [6.07, 6.45) is -0.927. The molecule has 0 saturated heterocycles. The first-order valence-corrected chi connectivity index (χ1v) is 17.8. The fraction of sp³-hybridized carbons (Fsp3) is 0.895. The van der Waals surface area contributed by atoms with Crippen LogP contribution in [0.25, 0.3) is 0 Å².